The van der Waals surface area contributed by atoms with E-state index in [1.54, 1.807) is 48.5 Å². The Hall–Kier alpha value is -4.72. The zero-order chi connectivity index (χ0) is 23.4. The van der Waals surface area contributed by atoms with Crippen molar-refractivity contribution in [1.29, 1.82) is 0 Å². The number of carboxylic acid groups (broad SMARTS) is 1. The molecule has 0 saturated carbocycles. The minimum Gasteiger partial charge on any atom is -0.478 e. The largest absolute Gasteiger partial charge is 0.478 e. The standard InChI is InChI=1S/C25H19N3O5/c29-22(26-20-7-2-1-3-8-20)15-28-23(30)21(27-25(28)33)14-16-5-4-6-19(13-16)17-9-11-18(12-10-17)24(31)32/h1-14H,15H2,(H,26,29)(H,27,33)(H,31,32)/b21-14-. The number of carbonyl (C=O) groups excluding carboxylic acids is 3. The Balaban J connectivity index is 1.48. The number of urea groups is 1. The second-order valence-electron chi connectivity index (χ2n) is 7.30. The summed E-state index contributed by atoms with van der Waals surface area (Å²) in [6.45, 7) is -0.410. The molecular weight excluding hydrogens is 422 g/mol. The highest BCUT2D eigenvalue weighted by Crippen LogP contribution is 2.23. The van der Waals surface area contributed by atoms with Crippen molar-refractivity contribution in [1.82, 2.24) is 10.2 Å². The molecule has 0 aromatic heterocycles. The van der Waals surface area contributed by atoms with Gasteiger partial charge in [-0.2, -0.15) is 0 Å². The molecule has 8 nitrogen and oxygen atoms in total. The molecule has 1 fully saturated rings. The van der Waals surface area contributed by atoms with Gasteiger partial charge in [0, 0.05) is 5.69 Å². The van der Waals surface area contributed by atoms with E-state index in [0.717, 1.165) is 16.0 Å². The van der Waals surface area contributed by atoms with Crippen molar-refractivity contribution in [2.75, 3.05) is 11.9 Å². The fraction of sp³-hybridized carbons (Fsp3) is 0.0400. The number of carbonyl (C=O) groups is 4. The predicted molar refractivity (Wildman–Crippen MR) is 122 cm³/mol. The van der Waals surface area contributed by atoms with Crippen LogP contribution in [-0.4, -0.2) is 40.4 Å². The number of aromatic carboxylic acids is 1. The Kier molecular flexibility index (Phi) is 5.99. The van der Waals surface area contributed by atoms with Crippen LogP contribution in [0.4, 0.5) is 10.5 Å². The molecule has 4 rings (SSSR count). The van der Waals surface area contributed by atoms with Crippen LogP contribution in [0.15, 0.2) is 84.6 Å². The van der Waals surface area contributed by atoms with Gasteiger partial charge in [0.1, 0.15) is 12.2 Å². The van der Waals surface area contributed by atoms with Gasteiger partial charge in [-0.3, -0.25) is 9.59 Å². The van der Waals surface area contributed by atoms with E-state index < -0.39 is 30.4 Å². The molecule has 0 spiro atoms. The van der Waals surface area contributed by atoms with E-state index in [-0.39, 0.29) is 11.3 Å². The Bertz CT molecular complexity index is 1270. The summed E-state index contributed by atoms with van der Waals surface area (Å²) in [6, 6.07) is 21.7. The minimum atomic E-state index is -1.00. The van der Waals surface area contributed by atoms with E-state index in [4.69, 9.17) is 5.11 Å². The number of hydrogen-bond donors (Lipinski definition) is 3. The van der Waals surface area contributed by atoms with Gasteiger partial charge in [-0.1, -0.05) is 48.5 Å². The molecule has 1 aliphatic rings. The molecular formula is C25H19N3O5. The summed E-state index contributed by atoms with van der Waals surface area (Å²) in [5.41, 5.74) is 3.10. The molecule has 3 aromatic rings. The molecule has 0 unspecified atom stereocenters. The molecule has 0 atom stereocenters. The summed E-state index contributed by atoms with van der Waals surface area (Å²) < 4.78 is 0. The first-order valence-electron chi connectivity index (χ1n) is 10.0. The van der Waals surface area contributed by atoms with E-state index in [1.165, 1.54) is 18.2 Å². The summed E-state index contributed by atoms with van der Waals surface area (Å²) in [4.78, 5) is 49.1. The highest BCUT2D eigenvalue weighted by atomic mass is 16.4. The van der Waals surface area contributed by atoms with E-state index >= 15 is 0 Å². The highest BCUT2D eigenvalue weighted by molar-refractivity contribution is 6.16. The quantitative estimate of drug-likeness (QED) is 0.399. The van der Waals surface area contributed by atoms with Gasteiger partial charge in [-0.25, -0.2) is 14.5 Å². The maximum atomic E-state index is 12.7. The third kappa shape index (κ3) is 4.96. The first-order valence-corrected chi connectivity index (χ1v) is 10.0. The van der Waals surface area contributed by atoms with Crippen LogP contribution in [0.25, 0.3) is 17.2 Å². The topological polar surface area (TPSA) is 116 Å². The normalized spacial score (nSPS) is 14.3. The third-order valence-electron chi connectivity index (χ3n) is 4.98. The number of anilines is 1. The molecule has 0 radical (unpaired) electrons. The molecule has 0 bridgehead atoms. The number of benzene rings is 3. The van der Waals surface area contributed by atoms with Gasteiger partial charge in [0.05, 0.1) is 5.56 Å². The molecule has 3 aromatic carbocycles. The zero-order valence-electron chi connectivity index (χ0n) is 17.3. The smallest absolute Gasteiger partial charge is 0.335 e. The summed E-state index contributed by atoms with van der Waals surface area (Å²) in [5, 5.41) is 14.2. The van der Waals surface area contributed by atoms with Crippen LogP contribution in [0.1, 0.15) is 15.9 Å². The zero-order valence-corrected chi connectivity index (χ0v) is 17.3. The molecule has 8 heteroatoms. The number of nitrogens with zero attached hydrogens (tertiary/aromatic N) is 1. The Morgan fingerprint density at radius 2 is 1.64 bits per heavy atom. The molecule has 164 valence electrons. The van der Waals surface area contributed by atoms with Crippen molar-refractivity contribution in [3.63, 3.8) is 0 Å². The van der Waals surface area contributed by atoms with Crippen LogP contribution in [0.5, 0.6) is 0 Å². The number of para-hydroxylation sites is 1. The average Bonchev–Trinajstić information content (AvgIpc) is 3.07. The number of imide groups is 1. The maximum Gasteiger partial charge on any atom is 0.335 e. The maximum absolute atomic E-state index is 12.7. The first-order chi connectivity index (χ1) is 15.9. The van der Waals surface area contributed by atoms with Gasteiger partial charge in [-0.05, 0) is 53.1 Å². The summed E-state index contributed by atoms with van der Waals surface area (Å²) in [7, 11) is 0. The second-order valence-corrected chi connectivity index (χ2v) is 7.30. The lowest BCUT2D eigenvalue weighted by Crippen LogP contribution is -2.38. The Morgan fingerprint density at radius 1 is 0.909 bits per heavy atom. The number of amides is 4. The van der Waals surface area contributed by atoms with Crippen molar-refractivity contribution in [3.05, 3.63) is 95.7 Å². The molecule has 0 aliphatic carbocycles. The molecule has 1 aliphatic heterocycles. The summed E-state index contributed by atoms with van der Waals surface area (Å²) in [5.74, 6) is -2.09. The van der Waals surface area contributed by atoms with E-state index in [1.807, 2.05) is 18.2 Å². The highest BCUT2D eigenvalue weighted by Gasteiger charge is 2.34. The van der Waals surface area contributed by atoms with Crippen LogP contribution in [-0.2, 0) is 9.59 Å². The average molecular weight is 441 g/mol. The Morgan fingerprint density at radius 3 is 2.33 bits per heavy atom. The first kappa shape index (κ1) is 21.5. The molecule has 1 saturated heterocycles. The van der Waals surface area contributed by atoms with Crippen LogP contribution in [0.3, 0.4) is 0 Å². The van der Waals surface area contributed by atoms with Crippen molar-refractivity contribution in [3.8, 4) is 11.1 Å². The van der Waals surface area contributed by atoms with Crippen LogP contribution in [0, 0.1) is 0 Å². The van der Waals surface area contributed by atoms with Gasteiger partial charge in [0.25, 0.3) is 5.91 Å². The Labute approximate surface area is 189 Å². The SMILES string of the molecule is O=C(CN1C(=O)N/C(=C\c2cccc(-c3ccc(C(=O)O)cc3)c2)C1=O)Nc1ccccc1. The molecule has 4 amide bonds. The fourth-order valence-corrected chi connectivity index (χ4v) is 3.36. The van der Waals surface area contributed by atoms with Crippen LogP contribution >= 0.6 is 0 Å². The van der Waals surface area contributed by atoms with Gasteiger partial charge in [0.15, 0.2) is 0 Å². The molecule has 3 N–H and O–H groups in total. The number of nitrogens with one attached hydrogen (secondary N) is 2. The number of rotatable bonds is 6. The predicted octanol–water partition coefficient (Wildman–Crippen LogP) is 3.58. The van der Waals surface area contributed by atoms with Crippen molar-refractivity contribution < 1.29 is 24.3 Å². The van der Waals surface area contributed by atoms with E-state index in [0.29, 0.717) is 11.3 Å². The van der Waals surface area contributed by atoms with Gasteiger partial charge < -0.3 is 15.7 Å². The number of carboxylic acids is 1. The van der Waals surface area contributed by atoms with Crippen LogP contribution < -0.4 is 10.6 Å². The van der Waals surface area contributed by atoms with Gasteiger partial charge in [0.2, 0.25) is 5.91 Å². The molecule has 33 heavy (non-hydrogen) atoms. The molecule has 1 heterocycles. The van der Waals surface area contributed by atoms with Crippen molar-refractivity contribution in [2.45, 2.75) is 0 Å². The summed E-state index contributed by atoms with van der Waals surface area (Å²) in [6.07, 6.45) is 1.53. The van der Waals surface area contributed by atoms with Gasteiger partial charge in [-0.15, -0.1) is 0 Å². The lowest BCUT2D eigenvalue weighted by atomic mass is 10.0. The van der Waals surface area contributed by atoms with E-state index in [2.05, 4.69) is 10.6 Å². The van der Waals surface area contributed by atoms with Gasteiger partial charge >= 0.3 is 12.0 Å². The fourth-order valence-electron chi connectivity index (χ4n) is 3.36. The third-order valence-corrected chi connectivity index (χ3v) is 4.98. The van der Waals surface area contributed by atoms with Crippen LogP contribution in [0.2, 0.25) is 0 Å². The monoisotopic (exact) mass is 441 g/mol. The van der Waals surface area contributed by atoms with Crippen molar-refractivity contribution >= 4 is 35.6 Å². The lowest BCUT2D eigenvalue weighted by molar-refractivity contribution is -0.127. The minimum absolute atomic E-state index is 0.0610. The number of hydrogen-bond acceptors (Lipinski definition) is 4. The van der Waals surface area contributed by atoms with E-state index in [9.17, 15) is 19.2 Å². The van der Waals surface area contributed by atoms with Crippen molar-refractivity contribution in [2.24, 2.45) is 0 Å². The summed E-state index contributed by atoms with van der Waals surface area (Å²) >= 11 is 0. The lowest BCUT2D eigenvalue weighted by Gasteiger charge is -2.11. The second kappa shape index (κ2) is 9.19.